The summed E-state index contributed by atoms with van der Waals surface area (Å²) in [5.41, 5.74) is 2.71. The van der Waals surface area contributed by atoms with Gasteiger partial charge >= 0.3 is 23.5 Å². The highest BCUT2D eigenvalue weighted by molar-refractivity contribution is 7.45. The average molecular weight is 452 g/mol. The Bertz CT molecular complexity index is 585. The summed E-state index contributed by atoms with van der Waals surface area (Å²) in [6, 6.07) is 8.40. The summed E-state index contributed by atoms with van der Waals surface area (Å²) in [6.45, 7) is 7.46. The van der Waals surface area contributed by atoms with Gasteiger partial charge in [-0.25, -0.2) is 13.7 Å². The highest BCUT2D eigenvalue weighted by Gasteiger charge is 2.01. The van der Waals surface area contributed by atoms with E-state index < -0.39 is 23.5 Å². The van der Waals surface area contributed by atoms with Gasteiger partial charge in [-0.2, -0.15) is 0 Å². The van der Waals surface area contributed by atoms with Crippen LogP contribution in [0.1, 0.15) is 11.1 Å². The van der Waals surface area contributed by atoms with Crippen LogP contribution in [0, 0.1) is 0 Å². The summed E-state index contributed by atoms with van der Waals surface area (Å²) in [5.74, 6) is 0. The first-order valence-corrected chi connectivity index (χ1v) is 11.2. The first-order chi connectivity index (χ1) is 11.9. The molecule has 0 saturated heterocycles. The van der Waals surface area contributed by atoms with Crippen LogP contribution in [0.5, 0.6) is 0 Å². The monoisotopic (exact) mass is 452 g/mol. The lowest BCUT2D eigenvalue weighted by Gasteiger charge is -2.03. The van der Waals surface area contributed by atoms with Gasteiger partial charge in [0, 0.05) is 0 Å². The van der Waals surface area contributed by atoms with Gasteiger partial charge in [0.1, 0.15) is 0 Å². The molecule has 158 valence electrons. The molecular weight excluding hydrogens is 429 g/mol. The smallest absolute Gasteiger partial charge is 0.303 e. The summed E-state index contributed by atoms with van der Waals surface area (Å²) >= 11 is 0. The summed E-state index contributed by atoms with van der Waals surface area (Å²) in [7, 11) is -13.9. The van der Waals surface area contributed by atoms with Crippen molar-refractivity contribution in [2.75, 3.05) is 0 Å². The molecule has 0 unspecified atom stereocenters. The zero-order valence-electron chi connectivity index (χ0n) is 13.9. The second-order valence-electron chi connectivity index (χ2n) is 4.29. The third kappa shape index (κ3) is 51.7. The zero-order valence-corrected chi connectivity index (χ0v) is 16.6. The van der Waals surface area contributed by atoms with Gasteiger partial charge in [0.05, 0.1) is 0 Å². The lowest BCUT2D eigenvalue weighted by Crippen LogP contribution is -1.89. The van der Waals surface area contributed by atoms with Crippen LogP contribution >= 0.6 is 23.5 Å². The Morgan fingerprint density at radius 3 is 0.963 bits per heavy atom. The first kappa shape index (κ1) is 30.7. The van der Waals surface area contributed by atoms with E-state index in [4.69, 9.17) is 57.7 Å². The molecule has 0 aliphatic rings. The lowest BCUT2D eigenvalue weighted by molar-refractivity contribution is 0.272. The number of benzene rings is 1. The SMILES string of the molecule is C=CCc1ccccc1CC=C.O=P(O)(O)O.O=P(O)(O)O.O=P(O)(O)O. The standard InChI is InChI=1S/C12H14.3H3O4P/c1-3-7-11-9-5-6-10-12(11)8-4-2;3*1-5(2,3)4/h3-6,9-10H,1-2,7-8H2;3*(H3,1,2,3,4). The molecule has 27 heavy (non-hydrogen) atoms. The summed E-state index contributed by atoms with van der Waals surface area (Å²) in [4.78, 5) is 64.7. The molecule has 12 nitrogen and oxygen atoms in total. The minimum atomic E-state index is -4.64. The maximum absolute atomic E-state index is 8.88. The van der Waals surface area contributed by atoms with Crippen molar-refractivity contribution in [2.24, 2.45) is 0 Å². The Balaban J connectivity index is -0.000000323. The van der Waals surface area contributed by atoms with E-state index in [9.17, 15) is 0 Å². The van der Waals surface area contributed by atoms with Crippen LogP contribution in [0.25, 0.3) is 0 Å². The highest BCUT2D eigenvalue weighted by atomic mass is 31.2. The zero-order chi connectivity index (χ0) is 22.3. The Kier molecular flexibility index (Phi) is 17.1. The molecule has 0 atom stereocenters. The normalized spacial score (nSPS) is 10.7. The van der Waals surface area contributed by atoms with Gasteiger partial charge < -0.3 is 44.0 Å². The van der Waals surface area contributed by atoms with Gasteiger partial charge in [-0.15, -0.1) is 13.2 Å². The van der Waals surface area contributed by atoms with Crippen molar-refractivity contribution in [3.63, 3.8) is 0 Å². The van der Waals surface area contributed by atoms with Crippen LogP contribution in [0.4, 0.5) is 0 Å². The summed E-state index contributed by atoms with van der Waals surface area (Å²) < 4.78 is 26.6. The number of phosphoric acid groups is 3. The van der Waals surface area contributed by atoms with Crippen molar-refractivity contribution < 1.29 is 57.7 Å². The van der Waals surface area contributed by atoms with Gasteiger partial charge in [-0.05, 0) is 24.0 Å². The molecule has 0 bridgehead atoms. The fourth-order valence-corrected chi connectivity index (χ4v) is 1.27. The van der Waals surface area contributed by atoms with Crippen molar-refractivity contribution in [3.8, 4) is 0 Å². The van der Waals surface area contributed by atoms with Gasteiger partial charge in [0.15, 0.2) is 0 Å². The van der Waals surface area contributed by atoms with E-state index in [0.717, 1.165) is 12.8 Å². The Morgan fingerprint density at radius 2 is 0.815 bits per heavy atom. The van der Waals surface area contributed by atoms with E-state index in [2.05, 4.69) is 37.4 Å². The Hall–Kier alpha value is -0.970. The molecule has 0 heterocycles. The van der Waals surface area contributed by atoms with Crippen molar-refractivity contribution in [2.45, 2.75) is 12.8 Å². The third-order valence-electron chi connectivity index (χ3n) is 1.85. The molecule has 0 fully saturated rings. The largest absolute Gasteiger partial charge is 0.466 e. The fourth-order valence-electron chi connectivity index (χ4n) is 1.27. The maximum atomic E-state index is 8.88. The van der Waals surface area contributed by atoms with E-state index in [1.807, 2.05) is 12.2 Å². The molecule has 1 aromatic carbocycles. The topological polar surface area (TPSA) is 233 Å². The van der Waals surface area contributed by atoms with Crippen molar-refractivity contribution >= 4 is 23.5 Å². The molecule has 1 rings (SSSR count). The van der Waals surface area contributed by atoms with Crippen molar-refractivity contribution in [1.29, 1.82) is 0 Å². The van der Waals surface area contributed by atoms with Crippen LogP contribution in [0.2, 0.25) is 0 Å². The van der Waals surface area contributed by atoms with Crippen molar-refractivity contribution in [1.82, 2.24) is 0 Å². The summed E-state index contributed by atoms with van der Waals surface area (Å²) in [6.07, 6.45) is 5.76. The van der Waals surface area contributed by atoms with Gasteiger partial charge in [0.2, 0.25) is 0 Å². The van der Waals surface area contributed by atoms with Crippen LogP contribution in [0.3, 0.4) is 0 Å². The van der Waals surface area contributed by atoms with Gasteiger partial charge in [-0.1, -0.05) is 36.4 Å². The van der Waals surface area contributed by atoms with E-state index in [0.29, 0.717) is 0 Å². The Morgan fingerprint density at radius 1 is 0.630 bits per heavy atom. The number of hydrogen-bond donors (Lipinski definition) is 9. The first-order valence-electron chi connectivity index (χ1n) is 6.52. The molecule has 0 saturated carbocycles. The fraction of sp³-hybridized carbons (Fsp3) is 0.167. The second kappa shape index (κ2) is 15.0. The van der Waals surface area contributed by atoms with Gasteiger partial charge in [-0.3, -0.25) is 0 Å². The minimum Gasteiger partial charge on any atom is -0.303 e. The minimum absolute atomic E-state index is 0.948. The molecule has 0 aliphatic heterocycles. The van der Waals surface area contributed by atoms with E-state index in [1.165, 1.54) is 11.1 Å². The third-order valence-corrected chi connectivity index (χ3v) is 1.85. The van der Waals surface area contributed by atoms with Crippen LogP contribution in [-0.2, 0) is 26.5 Å². The molecular formula is C12H23O12P3. The molecule has 0 aliphatic carbocycles. The van der Waals surface area contributed by atoms with Crippen LogP contribution in [-0.4, -0.2) is 44.0 Å². The number of allylic oxidation sites excluding steroid dienone is 2. The maximum Gasteiger partial charge on any atom is 0.466 e. The lowest BCUT2D eigenvalue weighted by atomic mass is 10.0. The number of rotatable bonds is 4. The predicted molar refractivity (Wildman–Crippen MR) is 97.0 cm³/mol. The van der Waals surface area contributed by atoms with Crippen LogP contribution < -0.4 is 0 Å². The number of hydrogen-bond acceptors (Lipinski definition) is 3. The highest BCUT2D eigenvalue weighted by Crippen LogP contribution is 2.26. The molecule has 9 N–H and O–H groups in total. The average Bonchev–Trinajstić information content (AvgIpc) is 2.36. The molecule has 1 aromatic rings. The second-order valence-corrected chi connectivity index (χ2v) is 7.37. The predicted octanol–water partition coefficient (Wildman–Crippen LogP) is 0.358. The van der Waals surface area contributed by atoms with Crippen molar-refractivity contribution in [3.05, 3.63) is 60.7 Å². The molecule has 15 heteroatoms. The molecule has 0 amide bonds. The van der Waals surface area contributed by atoms with E-state index in [-0.39, 0.29) is 0 Å². The summed E-state index contributed by atoms with van der Waals surface area (Å²) in [5, 5.41) is 0. The van der Waals surface area contributed by atoms with Gasteiger partial charge in [0.25, 0.3) is 0 Å². The molecule has 0 aromatic heterocycles. The quantitative estimate of drug-likeness (QED) is 0.222. The van der Waals surface area contributed by atoms with Crippen LogP contribution in [0.15, 0.2) is 49.6 Å². The van der Waals surface area contributed by atoms with E-state index in [1.54, 1.807) is 0 Å². The Labute approximate surface area is 155 Å². The molecule has 0 radical (unpaired) electrons. The molecule has 0 spiro atoms. The van der Waals surface area contributed by atoms with E-state index >= 15 is 0 Å².